The fraction of sp³-hybridized carbons (Fsp3) is 0.417. The number of aromatic amines is 1. The summed E-state index contributed by atoms with van der Waals surface area (Å²) >= 11 is 5.99. The lowest BCUT2D eigenvalue weighted by Crippen LogP contribution is -2.21. The number of nitrogens with one attached hydrogen (secondary N) is 2. The Morgan fingerprint density at radius 1 is 1.43 bits per heavy atom. The molecule has 2 N–H and O–H groups in total. The lowest BCUT2D eigenvalue weighted by Gasteiger charge is -2.07. The minimum absolute atomic E-state index is 0.00243. The Morgan fingerprint density at radius 3 is 2.62 bits per heavy atom. The van der Waals surface area contributed by atoms with Crippen LogP contribution in [0, 0.1) is 20.8 Å². The second-order valence-corrected chi connectivity index (χ2v) is 4.98. The molecule has 0 fully saturated rings. The number of amides is 1. The Kier molecular flexibility index (Phi) is 4.26. The molecule has 0 saturated carbocycles. The average Bonchev–Trinajstić information content (AvgIpc) is 2.87. The summed E-state index contributed by atoms with van der Waals surface area (Å²) in [6.07, 6.45) is -2.77. The molecule has 1 amide bonds. The fourth-order valence-electron chi connectivity index (χ4n) is 1.91. The molecule has 2 aromatic rings. The third-order valence-electron chi connectivity index (χ3n) is 3.03. The van der Waals surface area contributed by atoms with Gasteiger partial charge in [0, 0.05) is 0 Å². The number of aryl methyl sites for hydroxylation is 2. The summed E-state index contributed by atoms with van der Waals surface area (Å²) in [7, 11) is 0. The van der Waals surface area contributed by atoms with E-state index in [1.807, 2.05) is 0 Å². The lowest BCUT2D eigenvalue weighted by atomic mass is 10.3. The van der Waals surface area contributed by atoms with Crippen molar-refractivity contribution in [2.45, 2.75) is 33.7 Å². The Morgan fingerprint density at radius 2 is 2.10 bits per heavy atom. The van der Waals surface area contributed by atoms with Crippen LogP contribution < -0.4 is 5.32 Å². The standard InChI is InChI=1S/C12H14ClF2N5O/c1-5-9(13)7(3)20(19-5)4-8(21)16-10-6(2)17-18-11(10)12(14)15/h12H,4H2,1-3H3,(H,16,21)(H,17,18). The third-order valence-corrected chi connectivity index (χ3v) is 3.58. The van der Waals surface area contributed by atoms with Crippen LogP contribution in [0.25, 0.3) is 0 Å². The van der Waals surface area contributed by atoms with E-state index in [1.165, 1.54) is 4.68 Å². The molecule has 0 aliphatic heterocycles. The van der Waals surface area contributed by atoms with Crippen molar-refractivity contribution in [1.82, 2.24) is 20.0 Å². The zero-order valence-electron chi connectivity index (χ0n) is 11.7. The largest absolute Gasteiger partial charge is 0.321 e. The quantitative estimate of drug-likeness (QED) is 0.910. The van der Waals surface area contributed by atoms with Crippen molar-refractivity contribution >= 4 is 23.2 Å². The van der Waals surface area contributed by atoms with Crippen LogP contribution in [0.2, 0.25) is 5.02 Å². The number of rotatable bonds is 4. The number of hydrogen-bond acceptors (Lipinski definition) is 3. The van der Waals surface area contributed by atoms with Crippen LogP contribution in [-0.4, -0.2) is 25.9 Å². The number of halogens is 3. The minimum Gasteiger partial charge on any atom is -0.321 e. The molecule has 2 rings (SSSR count). The van der Waals surface area contributed by atoms with E-state index >= 15 is 0 Å². The van der Waals surface area contributed by atoms with E-state index in [2.05, 4.69) is 20.6 Å². The molecule has 2 aromatic heterocycles. The molecule has 0 aromatic carbocycles. The average molecular weight is 318 g/mol. The first-order valence-corrected chi connectivity index (χ1v) is 6.51. The van der Waals surface area contributed by atoms with E-state index in [4.69, 9.17) is 11.6 Å². The van der Waals surface area contributed by atoms with Gasteiger partial charge in [-0.05, 0) is 20.8 Å². The van der Waals surface area contributed by atoms with Crippen molar-refractivity contribution in [3.63, 3.8) is 0 Å². The molecule has 21 heavy (non-hydrogen) atoms. The maximum Gasteiger partial charge on any atom is 0.284 e. The van der Waals surface area contributed by atoms with Crippen LogP contribution >= 0.6 is 11.6 Å². The smallest absolute Gasteiger partial charge is 0.284 e. The molecule has 0 aliphatic rings. The molecule has 0 radical (unpaired) electrons. The van der Waals surface area contributed by atoms with Crippen molar-refractivity contribution < 1.29 is 13.6 Å². The zero-order chi connectivity index (χ0) is 15.7. The second-order valence-electron chi connectivity index (χ2n) is 4.60. The summed E-state index contributed by atoms with van der Waals surface area (Å²) in [5, 5.41) is 12.9. The van der Waals surface area contributed by atoms with Crippen molar-refractivity contribution in [3.8, 4) is 0 Å². The van der Waals surface area contributed by atoms with Gasteiger partial charge >= 0.3 is 0 Å². The first-order valence-electron chi connectivity index (χ1n) is 6.13. The number of carbonyl (C=O) groups excluding carboxylic acids is 1. The summed E-state index contributed by atoms with van der Waals surface area (Å²) in [6.45, 7) is 4.88. The Balaban J connectivity index is 2.16. The SMILES string of the molecule is Cc1nn(CC(=O)Nc2c(C(F)F)n[nH]c2C)c(C)c1Cl. The molecular weight excluding hydrogens is 304 g/mol. The van der Waals surface area contributed by atoms with Gasteiger partial charge in [-0.2, -0.15) is 10.2 Å². The van der Waals surface area contributed by atoms with Gasteiger partial charge in [-0.15, -0.1) is 0 Å². The Bertz CT molecular complexity index is 679. The van der Waals surface area contributed by atoms with Gasteiger partial charge in [0.15, 0.2) is 5.69 Å². The molecule has 0 bridgehead atoms. The maximum absolute atomic E-state index is 12.8. The summed E-state index contributed by atoms with van der Waals surface area (Å²) in [6, 6.07) is 0. The molecule has 0 atom stereocenters. The number of hydrogen-bond donors (Lipinski definition) is 2. The first-order chi connectivity index (χ1) is 9.81. The summed E-state index contributed by atoms with van der Waals surface area (Å²) in [5.41, 5.74) is 1.14. The van der Waals surface area contributed by atoms with Crippen LogP contribution in [0.3, 0.4) is 0 Å². The van der Waals surface area contributed by atoms with Gasteiger partial charge in [0.2, 0.25) is 5.91 Å². The van der Waals surface area contributed by atoms with Gasteiger partial charge in [0.05, 0.1) is 27.8 Å². The molecule has 0 unspecified atom stereocenters. The van der Waals surface area contributed by atoms with Crippen molar-refractivity contribution in [2.24, 2.45) is 0 Å². The summed E-state index contributed by atoms with van der Waals surface area (Å²) < 4.78 is 27.0. The lowest BCUT2D eigenvalue weighted by molar-refractivity contribution is -0.116. The molecule has 0 saturated heterocycles. The number of carbonyl (C=O) groups is 1. The summed E-state index contributed by atoms with van der Waals surface area (Å²) in [4.78, 5) is 12.0. The molecular formula is C12H14ClF2N5O. The highest BCUT2D eigenvalue weighted by atomic mass is 35.5. The monoisotopic (exact) mass is 317 g/mol. The predicted molar refractivity (Wildman–Crippen MR) is 73.6 cm³/mol. The van der Waals surface area contributed by atoms with E-state index in [0.717, 1.165) is 0 Å². The minimum atomic E-state index is -2.77. The number of alkyl halides is 2. The van der Waals surface area contributed by atoms with E-state index in [-0.39, 0.29) is 12.2 Å². The normalized spacial score (nSPS) is 11.2. The van der Waals surface area contributed by atoms with Gasteiger partial charge in [-0.1, -0.05) is 11.6 Å². The predicted octanol–water partition coefficient (Wildman–Crippen LogP) is 2.76. The van der Waals surface area contributed by atoms with Crippen LogP contribution in [0.5, 0.6) is 0 Å². The van der Waals surface area contributed by atoms with Crippen molar-refractivity contribution in [3.05, 3.63) is 27.8 Å². The molecule has 9 heteroatoms. The van der Waals surface area contributed by atoms with Crippen LogP contribution in [-0.2, 0) is 11.3 Å². The van der Waals surface area contributed by atoms with E-state index < -0.39 is 18.0 Å². The molecule has 0 spiro atoms. The fourth-order valence-corrected chi connectivity index (χ4v) is 2.04. The van der Waals surface area contributed by atoms with Gasteiger partial charge in [0.25, 0.3) is 6.43 Å². The number of H-pyrrole nitrogens is 1. The highest BCUT2D eigenvalue weighted by molar-refractivity contribution is 6.31. The van der Waals surface area contributed by atoms with E-state index in [1.54, 1.807) is 20.8 Å². The zero-order valence-corrected chi connectivity index (χ0v) is 12.4. The van der Waals surface area contributed by atoms with Crippen LogP contribution in [0.1, 0.15) is 29.2 Å². The molecule has 114 valence electrons. The topological polar surface area (TPSA) is 75.6 Å². The third kappa shape index (κ3) is 3.05. The summed E-state index contributed by atoms with van der Waals surface area (Å²) in [5.74, 6) is -0.483. The molecule has 2 heterocycles. The Labute approximate surface area is 124 Å². The van der Waals surface area contributed by atoms with Crippen molar-refractivity contribution in [2.75, 3.05) is 5.32 Å². The van der Waals surface area contributed by atoms with Gasteiger partial charge in [-0.25, -0.2) is 8.78 Å². The highest BCUT2D eigenvalue weighted by Crippen LogP contribution is 2.27. The molecule has 6 nitrogen and oxygen atoms in total. The Hall–Kier alpha value is -1.96. The van der Waals surface area contributed by atoms with E-state index in [0.29, 0.717) is 22.1 Å². The highest BCUT2D eigenvalue weighted by Gasteiger charge is 2.21. The number of anilines is 1. The van der Waals surface area contributed by atoms with Crippen LogP contribution in [0.15, 0.2) is 0 Å². The first kappa shape index (κ1) is 15.4. The maximum atomic E-state index is 12.8. The van der Waals surface area contributed by atoms with Gasteiger partial charge < -0.3 is 5.32 Å². The second kappa shape index (κ2) is 5.80. The van der Waals surface area contributed by atoms with Crippen molar-refractivity contribution in [1.29, 1.82) is 0 Å². The number of nitrogens with zero attached hydrogens (tertiary/aromatic N) is 3. The van der Waals surface area contributed by atoms with Gasteiger partial charge in [0.1, 0.15) is 6.54 Å². The number of aromatic nitrogens is 4. The van der Waals surface area contributed by atoms with Crippen LogP contribution in [0.4, 0.5) is 14.5 Å². The molecule has 0 aliphatic carbocycles. The van der Waals surface area contributed by atoms with E-state index in [9.17, 15) is 13.6 Å². The van der Waals surface area contributed by atoms with Gasteiger partial charge in [-0.3, -0.25) is 14.6 Å².